The van der Waals surface area contributed by atoms with E-state index in [1.165, 1.54) is 13.0 Å². The third-order valence-corrected chi connectivity index (χ3v) is 11.0. The summed E-state index contributed by atoms with van der Waals surface area (Å²) >= 11 is 20.5. The zero-order valence-corrected chi connectivity index (χ0v) is 23.1. The van der Waals surface area contributed by atoms with Gasteiger partial charge in [0.25, 0.3) is 0 Å². The van der Waals surface area contributed by atoms with E-state index < -0.39 is 55.7 Å². The number of halogens is 3. The highest BCUT2D eigenvalue weighted by Gasteiger charge is 2.72. The molecule has 2 aliphatic carbocycles. The number of ether oxygens (including phenoxy) is 1. The van der Waals surface area contributed by atoms with Crippen molar-refractivity contribution in [3.8, 4) is 11.5 Å². The number of alkyl halides is 3. The van der Waals surface area contributed by atoms with E-state index in [0.717, 1.165) is 0 Å². The van der Waals surface area contributed by atoms with E-state index in [0.29, 0.717) is 12.8 Å². The number of ketones is 2. The summed E-state index contributed by atoms with van der Waals surface area (Å²) in [6.07, 6.45) is 0.809. The lowest BCUT2D eigenvalue weighted by atomic mass is 9.54. The Hall–Kier alpha value is -1.05. The van der Waals surface area contributed by atoms with Crippen LogP contribution in [-0.2, 0) is 4.74 Å². The largest absolute Gasteiger partial charge is 0.508 e. The summed E-state index contributed by atoms with van der Waals surface area (Å²) in [5.74, 6) is -2.71. The van der Waals surface area contributed by atoms with Crippen molar-refractivity contribution in [2.45, 2.75) is 99.7 Å². The fraction of sp³-hybridized carbons (Fsp3) is 0.692. The number of carbonyl (C=O) groups excluding carboxylic acids is 2. The summed E-state index contributed by atoms with van der Waals surface area (Å²) in [4.78, 5) is 26.5. The van der Waals surface area contributed by atoms with Crippen LogP contribution in [0.3, 0.4) is 0 Å². The van der Waals surface area contributed by atoms with Gasteiger partial charge in [-0.15, -0.1) is 34.8 Å². The molecule has 0 spiro atoms. The summed E-state index contributed by atoms with van der Waals surface area (Å²) in [5, 5.41) is 31.6. The van der Waals surface area contributed by atoms with Gasteiger partial charge in [-0.3, -0.25) is 9.59 Å². The normalized spacial score (nSPS) is 40.2. The van der Waals surface area contributed by atoms with Crippen molar-refractivity contribution in [2.75, 3.05) is 0 Å². The molecular weight excluding hydrogens is 515 g/mol. The van der Waals surface area contributed by atoms with Gasteiger partial charge < -0.3 is 20.1 Å². The van der Waals surface area contributed by atoms with E-state index in [1.54, 1.807) is 20.8 Å². The molecule has 3 aliphatic rings. The first-order valence-corrected chi connectivity index (χ1v) is 13.1. The maximum absolute atomic E-state index is 14.4. The van der Waals surface area contributed by atoms with Crippen LogP contribution in [0.2, 0.25) is 0 Å². The molecule has 1 aromatic carbocycles. The minimum atomic E-state index is -1.94. The summed E-state index contributed by atoms with van der Waals surface area (Å²) < 4.78 is 6.50. The highest BCUT2D eigenvalue weighted by Crippen LogP contribution is 2.61. The van der Waals surface area contributed by atoms with E-state index in [9.17, 15) is 24.9 Å². The van der Waals surface area contributed by atoms with Crippen molar-refractivity contribution in [2.24, 2.45) is 11.3 Å². The average molecular weight is 548 g/mol. The minimum Gasteiger partial charge on any atom is -0.508 e. The maximum atomic E-state index is 14.4. The predicted octanol–water partition coefficient (Wildman–Crippen LogP) is 5.49. The molecule has 4 rings (SSSR count). The zero-order chi connectivity index (χ0) is 26.5. The van der Waals surface area contributed by atoms with Crippen LogP contribution in [0.1, 0.15) is 86.6 Å². The summed E-state index contributed by atoms with van der Waals surface area (Å²) in [5.41, 5.74) is -5.15. The molecule has 3 N–H and O–H groups in total. The number of rotatable bonds is 2. The second-order valence-electron chi connectivity index (χ2n) is 11.9. The van der Waals surface area contributed by atoms with Crippen LogP contribution in [0.4, 0.5) is 0 Å². The Morgan fingerprint density at radius 3 is 2.26 bits per heavy atom. The van der Waals surface area contributed by atoms with Gasteiger partial charge in [0.05, 0.1) is 22.1 Å². The van der Waals surface area contributed by atoms with Crippen molar-refractivity contribution < 1.29 is 29.6 Å². The van der Waals surface area contributed by atoms with Crippen LogP contribution >= 0.6 is 34.8 Å². The molecule has 1 heterocycles. The van der Waals surface area contributed by atoms with E-state index in [2.05, 4.69) is 0 Å². The Morgan fingerprint density at radius 1 is 1.06 bits per heavy atom. The van der Waals surface area contributed by atoms with Crippen molar-refractivity contribution in [1.82, 2.24) is 0 Å². The molecule has 1 unspecified atom stereocenters. The smallest absolute Gasteiger partial charge is 0.197 e. The summed E-state index contributed by atoms with van der Waals surface area (Å²) in [7, 11) is 0. The van der Waals surface area contributed by atoms with Gasteiger partial charge in [-0.05, 0) is 70.8 Å². The monoisotopic (exact) mass is 546 g/mol. The number of aromatic hydroxyl groups is 2. The molecular formula is C26H33Cl3O6. The van der Waals surface area contributed by atoms with E-state index in [4.69, 9.17) is 39.5 Å². The Labute approximate surface area is 220 Å². The molecule has 6 atom stereocenters. The fourth-order valence-electron chi connectivity index (χ4n) is 6.38. The van der Waals surface area contributed by atoms with Crippen molar-refractivity contribution >= 4 is 46.4 Å². The molecule has 1 aromatic rings. The molecule has 0 radical (unpaired) electrons. The van der Waals surface area contributed by atoms with Gasteiger partial charge in [0.1, 0.15) is 16.4 Å². The zero-order valence-electron chi connectivity index (χ0n) is 20.8. The minimum absolute atomic E-state index is 0.0680. The van der Waals surface area contributed by atoms with Gasteiger partial charge in [-0.1, -0.05) is 13.8 Å². The Bertz CT molecular complexity index is 1110. The van der Waals surface area contributed by atoms with Gasteiger partial charge in [0.2, 0.25) is 0 Å². The molecule has 0 amide bonds. The summed E-state index contributed by atoms with van der Waals surface area (Å²) in [6, 6.07) is 1.18. The van der Waals surface area contributed by atoms with Crippen LogP contribution < -0.4 is 0 Å². The standard InChI is InChI=1S/C26H33Cl3O6/c1-12-14(30)9-13-18(19(12)31)21(33)25(29)11-17(28)23(4,5)35-26(25,20(13)32)10-15-22(2,3)16(27)7-8-24(15,6)34/h9,15-17,30-31,34H,7-8,10-11H2,1-6H3/t15?,16-,17+,24-,25-,26-/m0/s1. The van der Waals surface area contributed by atoms with Crippen LogP contribution in [0.15, 0.2) is 6.07 Å². The second kappa shape index (κ2) is 7.97. The van der Waals surface area contributed by atoms with Crippen LogP contribution in [-0.4, -0.2) is 59.3 Å². The molecule has 1 saturated heterocycles. The lowest BCUT2D eigenvalue weighted by Crippen LogP contribution is -2.74. The first-order valence-electron chi connectivity index (χ1n) is 11.9. The summed E-state index contributed by atoms with van der Waals surface area (Å²) in [6.45, 7) is 10.5. The number of carbonyl (C=O) groups is 2. The fourth-order valence-corrected chi connectivity index (χ4v) is 7.45. The molecule has 6 nitrogen and oxygen atoms in total. The lowest BCUT2D eigenvalue weighted by molar-refractivity contribution is -0.189. The molecule has 0 aromatic heterocycles. The van der Waals surface area contributed by atoms with E-state index in [1.807, 2.05) is 13.8 Å². The molecule has 194 valence electrons. The van der Waals surface area contributed by atoms with Crippen LogP contribution in [0.5, 0.6) is 11.5 Å². The molecule has 2 fully saturated rings. The van der Waals surface area contributed by atoms with Crippen molar-refractivity contribution in [3.63, 3.8) is 0 Å². The molecule has 0 bridgehead atoms. The molecule has 1 saturated carbocycles. The predicted molar refractivity (Wildman–Crippen MR) is 135 cm³/mol. The number of benzene rings is 1. The second-order valence-corrected chi connectivity index (χ2v) is 13.6. The highest BCUT2D eigenvalue weighted by atomic mass is 35.5. The lowest BCUT2D eigenvalue weighted by Gasteiger charge is -2.60. The van der Waals surface area contributed by atoms with Gasteiger partial charge in [0.15, 0.2) is 17.2 Å². The van der Waals surface area contributed by atoms with Crippen molar-refractivity contribution in [3.05, 3.63) is 22.8 Å². The van der Waals surface area contributed by atoms with Gasteiger partial charge in [0, 0.05) is 16.5 Å². The first-order chi connectivity index (χ1) is 15.8. The average Bonchev–Trinajstić information content (AvgIpc) is 2.74. The van der Waals surface area contributed by atoms with Crippen molar-refractivity contribution in [1.29, 1.82) is 0 Å². The van der Waals surface area contributed by atoms with Crippen LogP contribution in [0, 0.1) is 18.3 Å². The Morgan fingerprint density at radius 2 is 1.66 bits per heavy atom. The van der Waals surface area contributed by atoms with Gasteiger partial charge >= 0.3 is 0 Å². The Balaban J connectivity index is 2.01. The quantitative estimate of drug-likeness (QED) is 0.423. The first kappa shape index (κ1) is 27.0. The maximum Gasteiger partial charge on any atom is 0.197 e. The molecule has 35 heavy (non-hydrogen) atoms. The van der Waals surface area contributed by atoms with Gasteiger partial charge in [-0.2, -0.15) is 0 Å². The molecule has 9 heteroatoms. The van der Waals surface area contributed by atoms with Gasteiger partial charge in [-0.25, -0.2) is 0 Å². The topological polar surface area (TPSA) is 104 Å². The number of Topliss-reactive ketones (excluding diaryl/α,β-unsaturated/α-hetero) is 2. The third-order valence-electron chi connectivity index (χ3n) is 8.87. The third kappa shape index (κ3) is 3.58. The SMILES string of the molecule is Cc1c(O)cc2c(c1O)C(=O)[C@@]1(Cl)C[C@@H](Cl)C(C)(C)O[C@@]1(CC1C(C)(C)[C@@H](Cl)CC[C@]1(C)O)C2=O. The number of hydrogen-bond donors (Lipinski definition) is 3. The Kier molecular flexibility index (Phi) is 6.15. The molecule has 1 aliphatic heterocycles. The van der Waals surface area contributed by atoms with E-state index in [-0.39, 0.29) is 40.7 Å². The highest BCUT2D eigenvalue weighted by molar-refractivity contribution is 6.45. The number of phenolic OH excluding ortho intramolecular Hbond substituents is 2. The number of fused-ring (bicyclic) bond motifs is 2. The number of hydrogen-bond acceptors (Lipinski definition) is 6. The number of phenols is 2. The number of aliphatic hydroxyl groups is 1. The van der Waals surface area contributed by atoms with E-state index >= 15 is 0 Å². The van der Waals surface area contributed by atoms with Crippen LogP contribution in [0.25, 0.3) is 0 Å².